The number of piperidine rings is 1. The summed E-state index contributed by atoms with van der Waals surface area (Å²) in [6.07, 6.45) is 2.77. The lowest BCUT2D eigenvalue weighted by Crippen LogP contribution is -2.49. The maximum atomic E-state index is 6.38. The molecule has 4 heterocycles. The smallest absolute Gasteiger partial charge is 0.213 e. The predicted octanol–water partition coefficient (Wildman–Crippen LogP) is 4.09. The number of methoxy groups -OCH3 is 1. The molecule has 0 aliphatic carbocycles. The molecule has 2 aliphatic rings. The zero-order chi connectivity index (χ0) is 16.7. The van der Waals surface area contributed by atoms with Crippen molar-refractivity contribution in [2.24, 2.45) is 0 Å². The van der Waals surface area contributed by atoms with E-state index in [1.165, 1.54) is 10.4 Å². The van der Waals surface area contributed by atoms with Crippen molar-refractivity contribution in [2.45, 2.75) is 43.9 Å². The first-order valence-electron chi connectivity index (χ1n) is 8.29. The van der Waals surface area contributed by atoms with Crippen LogP contribution in [0.5, 0.6) is 5.88 Å². The molecular weight excluding hydrogens is 344 g/mol. The number of hydrogen-bond donors (Lipinski definition) is 1. The Morgan fingerprint density at radius 2 is 2.29 bits per heavy atom. The van der Waals surface area contributed by atoms with E-state index in [1.807, 2.05) is 12.1 Å². The third kappa shape index (κ3) is 2.84. The van der Waals surface area contributed by atoms with Crippen molar-refractivity contribution in [3.8, 4) is 5.88 Å². The molecule has 0 radical (unpaired) electrons. The number of ether oxygens (including phenoxy) is 2. The molecule has 24 heavy (non-hydrogen) atoms. The van der Waals surface area contributed by atoms with Crippen LogP contribution in [0, 0.1) is 0 Å². The molecule has 2 aliphatic heterocycles. The van der Waals surface area contributed by atoms with E-state index in [0.29, 0.717) is 11.9 Å². The van der Waals surface area contributed by atoms with Crippen molar-refractivity contribution >= 4 is 22.9 Å². The van der Waals surface area contributed by atoms with Crippen LogP contribution in [0.25, 0.3) is 0 Å². The Kier molecular flexibility index (Phi) is 4.29. The topological polar surface area (TPSA) is 43.4 Å². The van der Waals surface area contributed by atoms with E-state index >= 15 is 0 Å². The first kappa shape index (κ1) is 16.3. The number of aromatic nitrogens is 1. The fourth-order valence-corrected chi connectivity index (χ4v) is 5.45. The van der Waals surface area contributed by atoms with Gasteiger partial charge >= 0.3 is 0 Å². The van der Waals surface area contributed by atoms with E-state index in [2.05, 4.69) is 29.4 Å². The summed E-state index contributed by atoms with van der Waals surface area (Å²) in [5, 5.41) is 3.67. The zero-order valence-electron chi connectivity index (χ0n) is 13.8. The highest BCUT2D eigenvalue weighted by molar-refractivity contribution is 7.16. The van der Waals surface area contributed by atoms with Crippen molar-refractivity contribution in [1.29, 1.82) is 0 Å². The molecule has 0 amide bonds. The maximum Gasteiger partial charge on any atom is 0.213 e. The first-order valence-corrected chi connectivity index (χ1v) is 9.49. The second-order valence-electron chi connectivity index (χ2n) is 6.63. The Hall–Kier alpha value is -1.14. The van der Waals surface area contributed by atoms with Gasteiger partial charge < -0.3 is 14.8 Å². The van der Waals surface area contributed by atoms with Gasteiger partial charge in [0.05, 0.1) is 29.8 Å². The van der Waals surface area contributed by atoms with Gasteiger partial charge in [-0.05, 0) is 37.5 Å². The minimum absolute atomic E-state index is 0.135. The molecule has 1 fully saturated rings. The number of pyridine rings is 1. The summed E-state index contributed by atoms with van der Waals surface area (Å²) < 4.78 is 12.5. The summed E-state index contributed by atoms with van der Waals surface area (Å²) in [5.74, 6) is 0.644. The summed E-state index contributed by atoms with van der Waals surface area (Å²) in [4.78, 5) is 5.93. The van der Waals surface area contributed by atoms with Gasteiger partial charge in [-0.2, -0.15) is 0 Å². The van der Waals surface area contributed by atoms with Crippen LogP contribution in [0.15, 0.2) is 24.3 Å². The summed E-state index contributed by atoms with van der Waals surface area (Å²) in [5.41, 5.74) is 2.09. The summed E-state index contributed by atoms with van der Waals surface area (Å²) in [6, 6.07) is 8.50. The van der Waals surface area contributed by atoms with Gasteiger partial charge in [-0.25, -0.2) is 4.98 Å². The maximum absolute atomic E-state index is 6.38. The van der Waals surface area contributed by atoms with Crippen molar-refractivity contribution in [3.63, 3.8) is 0 Å². The molecule has 0 saturated carbocycles. The largest absolute Gasteiger partial charge is 0.481 e. The fraction of sp³-hybridized carbons (Fsp3) is 0.500. The number of nitrogens with zero attached hydrogens (tertiary/aromatic N) is 1. The molecule has 1 N–H and O–H groups in total. The number of nitrogens with one attached hydrogen (secondary N) is 1. The molecule has 3 atom stereocenters. The first-order chi connectivity index (χ1) is 11.6. The second-order valence-corrected chi connectivity index (χ2v) is 8.31. The highest BCUT2D eigenvalue weighted by atomic mass is 35.5. The van der Waals surface area contributed by atoms with Crippen LogP contribution < -0.4 is 10.1 Å². The predicted molar refractivity (Wildman–Crippen MR) is 96.0 cm³/mol. The monoisotopic (exact) mass is 364 g/mol. The Morgan fingerprint density at radius 1 is 1.42 bits per heavy atom. The van der Waals surface area contributed by atoms with Crippen LogP contribution in [0.2, 0.25) is 4.34 Å². The van der Waals surface area contributed by atoms with Crippen molar-refractivity contribution in [1.82, 2.24) is 10.3 Å². The van der Waals surface area contributed by atoms with Crippen molar-refractivity contribution in [2.75, 3.05) is 13.7 Å². The van der Waals surface area contributed by atoms with Crippen LogP contribution in [0.3, 0.4) is 0 Å². The van der Waals surface area contributed by atoms with Gasteiger partial charge in [-0.3, -0.25) is 0 Å². The minimum atomic E-state index is -0.258. The average molecular weight is 365 g/mol. The van der Waals surface area contributed by atoms with Crippen molar-refractivity contribution in [3.05, 3.63) is 44.7 Å². The number of hydrogen-bond acceptors (Lipinski definition) is 5. The Labute approximate surface area is 151 Å². The summed E-state index contributed by atoms with van der Waals surface area (Å²) in [7, 11) is 1.65. The number of rotatable bonds is 2. The Balaban J connectivity index is 1.71. The quantitative estimate of drug-likeness (QED) is 0.871. The van der Waals surface area contributed by atoms with Crippen LogP contribution in [0.4, 0.5) is 0 Å². The van der Waals surface area contributed by atoms with Crippen LogP contribution >= 0.6 is 22.9 Å². The molecule has 6 heteroatoms. The van der Waals surface area contributed by atoms with Gasteiger partial charge in [0.15, 0.2) is 0 Å². The molecule has 1 spiro atoms. The molecule has 0 bridgehead atoms. The van der Waals surface area contributed by atoms with Gasteiger partial charge in [0.2, 0.25) is 5.88 Å². The lowest BCUT2D eigenvalue weighted by molar-refractivity contribution is -0.0958. The van der Waals surface area contributed by atoms with E-state index in [1.54, 1.807) is 18.4 Å². The van der Waals surface area contributed by atoms with E-state index in [0.717, 1.165) is 35.9 Å². The third-order valence-electron chi connectivity index (χ3n) is 4.91. The lowest BCUT2D eigenvalue weighted by atomic mass is 9.79. The van der Waals surface area contributed by atoms with E-state index in [-0.39, 0.29) is 11.6 Å². The molecule has 1 saturated heterocycles. The van der Waals surface area contributed by atoms with Gasteiger partial charge in [-0.15, -0.1) is 11.3 Å². The third-order valence-corrected chi connectivity index (χ3v) is 6.40. The zero-order valence-corrected chi connectivity index (χ0v) is 15.4. The lowest BCUT2D eigenvalue weighted by Gasteiger charge is -2.46. The SMILES string of the molecule is COc1cccc(C2CC3(CC(C)N2)OCCc2cc(Cl)sc23)n1. The Morgan fingerprint density at radius 3 is 3.12 bits per heavy atom. The van der Waals surface area contributed by atoms with Gasteiger partial charge in [0.1, 0.15) is 5.60 Å². The van der Waals surface area contributed by atoms with Gasteiger partial charge in [0.25, 0.3) is 0 Å². The van der Waals surface area contributed by atoms with E-state index in [9.17, 15) is 0 Å². The average Bonchev–Trinajstić information content (AvgIpc) is 2.96. The van der Waals surface area contributed by atoms with Crippen LogP contribution in [-0.2, 0) is 16.8 Å². The highest BCUT2D eigenvalue weighted by Crippen LogP contribution is 2.49. The van der Waals surface area contributed by atoms with Crippen LogP contribution in [0.1, 0.15) is 41.9 Å². The molecular formula is C18H21ClN2O2S. The Bertz CT molecular complexity index is 750. The molecule has 0 aromatic carbocycles. The molecule has 128 valence electrons. The second kappa shape index (κ2) is 6.30. The molecule has 3 unspecified atom stereocenters. The molecule has 4 rings (SSSR count). The van der Waals surface area contributed by atoms with E-state index < -0.39 is 0 Å². The fourth-order valence-electron chi connectivity index (χ4n) is 3.99. The van der Waals surface area contributed by atoms with Crippen LogP contribution in [-0.4, -0.2) is 24.7 Å². The van der Waals surface area contributed by atoms with Gasteiger partial charge in [-0.1, -0.05) is 17.7 Å². The van der Waals surface area contributed by atoms with Gasteiger partial charge in [0, 0.05) is 23.4 Å². The summed E-state index contributed by atoms with van der Waals surface area (Å²) in [6.45, 7) is 2.96. The van der Waals surface area contributed by atoms with Crippen molar-refractivity contribution < 1.29 is 9.47 Å². The molecule has 2 aromatic rings. The number of thiophene rings is 1. The molecule has 4 nitrogen and oxygen atoms in total. The highest BCUT2D eigenvalue weighted by Gasteiger charge is 2.46. The standard InChI is InChI=1S/C18H21ClN2O2S/c1-11-9-18(17-12(6-7-23-18)8-15(19)24-17)10-14(20-11)13-4-3-5-16(21-13)22-2/h3-5,8,11,14,20H,6-7,9-10H2,1-2H3. The minimum Gasteiger partial charge on any atom is -0.481 e. The summed E-state index contributed by atoms with van der Waals surface area (Å²) >= 11 is 7.97. The number of halogens is 1. The van der Waals surface area contributed by atoms with E-state index in [4.69, 9.17) is 21.1 Å². The number of fused-ring (bicyclic) bond motifs is 2. The molecule has 2 aromatic heterocycles. The normalized spacial score (nSPS) is 29.5.